The fourth-order valence-electron chi connectivity index (χ4n) is 3.50. The van der Waals surface area contributed by atoms with Crippen molar-refractivity contribution >= 4 is 28.6 Å². The number of rotatable bonds is 7. The van der Waals surface area contributed by atoms with E-state index < -0.39 is 5.97 Å². The lowest BCUT2D eigenvalue weighted by atomic mass is 9.93. The topological polar surface area (TPSA) is 96.3 Å². The molecule has 1 fully saturated rings. The zero-order valence-electron chi connectivity index (χ0n) is 15.1. The quantitative estimate of drug-likeness (QED) is 0.706. The monoisotopic (exact) mass is 358 g/mol. The van der Waals surface area contributed by atoms with Crippen LogP contribution in [0.5, 0.6) is 0 Å². The van der Waals surface area contributed by atoms with Crippen molar-refractivity contribution in [2.24, 2.45) is 13.0 Å². The molecule has 0 saturated carbocycles. The molecule has 0 spiro atoms. The van der Waals surface area contributed by atoms with E-state index in [1.807, 2.05) is 25.2 Å². The number of hydrogen-bond acceptors (Lipinski definition) is 4. The Bertz CT molecular complexity index is 793. The predicted octanol–water partition coefficient (Wildman–Crippen LogP) is 2.31. The third-order valence-corrected chi connectivity index (χ3v) is 5.06. The van der Waals surface area contributed by atoms with Gasteiger partial charge in [0, 0.05) is 25.6 Å². The van der Waals surface area contributed by atoms with Crippen LogP contribution in [0.15, 0.2) is 18.2 Å². The number of aromatic nitrogens is 2. The molecule has 1 amide bonds. The number of aliphatic carboxylic acids is 1. The summed E-state index contributed by atoms with van der Waals surface area (Å²) in [6.45, 7) is 2.22. The molecule has 140 valence electrons. The largest absolute Gasteiger partial charge is 0.481 e. The van der Waals surface area contributed by atoms with Crippen molar-refractivity contribution in [3.8, 4) is 0 Å². The number of carboxylic acids is 1. The van der Waals surface area contributed by atoms with Gasteiger partial charge in [-0.2, -0.15) is 0 Å². The van der Waals surface area contributed by atoms with E-state index in [1.165, 1.54) is 12.8 Å². The molecule has 26 heavy (non-hydrogen) atoms. The molecule has 0 aliphatic carbocycles. The van der Waals surface area contributed by atoms with Crippen LogP contribution < -0.4 is 10.6 Å². The van der Waals surface area contributed by atoms with Crippen molar-refractivity contribution in [3.05, 3.63) is 24.0 Å². The van der Waals surface area contributed by atoms with Crippen LogP contribution in [0.3, 0.4) is 0 Å². The molecule has 7 nitrogen and oxygen atoms in total. The van der Waals surface area contributed by atoms with Gasteiger partial charge in [-0.05, 0) is 56.5 Å². The molecule has 1 aromatic carbocycles. The lowest BCUT2D eigenvalue weighted by Crippen LogP contribution is -2.28. The average molecular weight is 358 g/mol. The molecule has 0 bridgehead atoms. The highest BCUT2D eigenvalue weighted by atomic mass is 16.4. The number of carboxylic acid groups (broad SMARTS) is 1. The molecule has 1 saturated heterocycles. The number of nitrogens with one attached hydrogen (secondary N) is 2. The van der Waals surface area contributed by atoms with E-state index in [9.17, 15) is 9.59 Å². The second-order valence-corrected chi connectivity index (χ2v) is 6.96. The van der Waals surface area contributed by atoms with Gasteiger partial charge < -0.3 is 20.3 Å². The molecule has 2 heterocycles. The van der Waals surface area contributed by atoms with Crippen LogP contribution >= 0.6 is 0 Å². The highest BCUT2D eigenvalue weighted by Gasteiger charge is 2.15. The predicted molar refractivity (Wildman–Crippen MR) is 100 cm³/mol. The molecule has 1 aliphatic heterocycles. The van der Waals surface area contributed by atoms with E-state index in [-0.39, 0.29) is 18.7 Å². The van der Waals surface area contributed by atoms with Crippen molar-refractivity contribution in [2.45, 2.75) is 38.5 Å². The fourth-order valence-corrected chi connectivity index (χ4v) is 3.50. The number of fused-ring (bicyclic) bond motifs is 1. The molecule has 1 aromatic heterocycles. The average Bonchev–Trinajstić information content (AvgIpc) is 2.94. The Balaban J connectivity index is 1.65. The van der Waals surface area contributed by atoms with Gasteiger partial charge in [-0.3, -0.25) is 9.59 Å². The standard InChI is InChI=1S/C19H26N4O3/c1-23-16-4-3-14(21-18(24)6-7-19(25)26)12-15(16)22-17(23)5-2-13-8-10-20-11-9-13/h3-4,12-13,20H,2,5-11H2,1H3,(H,21,24)(H,25,26). The number of piperidine rings is 1. The van der Waals surface area contributed by atoms with Crippen LogP contribution in [-0.2, 0) is 23.1 Å². The van der Waals surface area contributed by atoms with Gasteiger partial charge in [0.1, 0.15) is 5.82 Å². The molecular formula is C19H26N4O3. The van der Waals surface area contributed by atoms with Crippen LogP contribution in [0.2, 0.25) is 0 Å². The second-order valence-electron chi connectivity index (χ2n) is 6.96. The minimum Gasteiger partial charge on any atom is -0.481 e. The van der Waals surface area contributed by atoms with E-state index in [1.54, 1.807) is 0 Å². The first-order valence-electron chi connectivity index (χ1n) is 9.20. The van der Waals surface area contributed by atoms with Gasteiger partial charge in [-0.15, -0.1) is 0 Å². The third kappa shape index (κ3) is 4.60. The maximum absolute atomic E-state index is 11.8. The zero-order chi connectivity index (χ0) is 18.5. The number of anilines is 1. The van der Waals surface area contributed by atoms with Crippen LogP contribution in [0.25, 0.3) is 11.0 Å². The Morgan fingerprint density at radius 1 is 1.31 bits per heavy atom. The molecule has 2 aromatic rings. The minimum absolute atomic E-state index is 0.0307. The summed E-state index contributed by atoms with van der Waals surface area (Å²) < 4.78 is 2.12. The molecular weight excluding hydrogens is 332 g/mol. The van der Waals surface area contributed by atoms with Gasteiger partial charge in [0.25, 0.3) is 0 Å². The maximum atomic E-state index is 11.8. The van der Waals surface area contributed by atoms with E-state index >= 15 is 0 Å². The lowest BCUT2D eigenvalue weighted by molar-refractivity contribution is -0.138. The van der Waals surface area contributed by atoms with Gasteiger partial charge in [-0.25, -0.2) is 4.98 Å². The molecule has 3 N–H and O–H groups in total. The summed E-state index contributed by atoms with van der Waals surface area (Å²) in [4.78, 5) is 27.1. The summed E-state index contributed by atoms with van der Waals surface area (Å²) in [6, 6.07) is 5.63. The van der Waals surface area contributed by atoms with Crippen LogP contribution in [0.4, 0.5) is 5.69 Å². The number of carbonyl (C=O) groups is 2. The lowest BCUT2D eigenvalue weighted by Gasteiger charge is -2.22. The highest BCUT2D eigenvalue weighted by molar-refractivity contribution is 5.94. The Morgan fingerprint density at radius 3 is 2.81 bits per heavy atom. The van der Waals surface area contributed by atoms with Crippen LogP contribution in [0.1, 0.15) is 37.9 Å². The number of hydrogen-bond donors (Lipinski definition) is 3. The smallest absolute Gasteiger partial charge is 0.303 e. The van der Waals surface area contributed by atoms with E-state index in [0.717, 1.165) is 48.7 Å². The number of nitrogens with zero attached hydrogens (tertiary/aromatic N) is 2. The Kier molecular flexibility index (Phi) is 5.88. The summed E-state index contributed by atoms with van der Waals surface area (Å²) in [5.41, 5.74) is 2.54. The number of carbonyl (C=O) groups excluding carboxylic acids is 1. The molecule has 1 aliphatic rings. The van der Waals surface area contributed by atoms with Gasteiger partial charge in [-0.1, -0.05) is 0 Å². The van der Waals surface area contributed by atoms with Crippen molar-refractivity contribution in [3.63, 3.8) is 0 Å². The second kappa shape index (κ2) is 8.31. The van der Waals surface area contributed by atoms with Gasteiger partial charge in [0.15, 0.2) is 0 Å². The third-order valence-electron chi connectivity index (χ3n) is 5.06. The SMILES string of the molecule is Cn1c(CCC2CCNCC2)nc2cc(NC(=O)CCC(=O)O)ccc21. The Hall–Kier alpha value is -2.41. The van der Waals surface area contributed by atoms with Crippen molar-refractivity contribution in [1.29, 1.82) is 0 Å². The Morgan fingerprint density at radius 2 is 2.08 bits per heavy atom. The first kappa shape index (κ1) is 18.4. The maximum Gasteiger partial charge on any atom is 0.303 e. The molecule has 0 unspecified atom stereocenters. The van der Waals surface area contributed by atoms with Crippen LogP contribution in [0, 0.1) is 5.92 Å². The van der Waals surface area contributed by atoms with Gasteiger partial charge >= 0.3 is 5.97 Å². The zero-order valence-corrected chi connectivity index (χ0v) is 15.1. The fraction of sp³-hybridized carbons (Fsp3) is 0.526. The number of aryl methyl sites for hydroxylation is 2. The van der Waals surface area contributed by atoms with Crippen molar-refractivity contribution in [2.75, 3.05) is 18.4 Å². The van der Waals surface area contributed by atoms with Gasteiger partial charge in [0.05, 0.1) is 17.5 Å². The minimum atomic E-state index is -0.973. The summed E-state index contributed by atoms with van der Waals surface area (Å²) in [5.74, 6) is 0.556. The van der Waals surface area contributed by atoms with Crippen molar-refractivity contribution < 1.29 is 14.7 Å². The van der Waals surface area contributed by atoms with E-state index in [4.69, 9.17) is 10.1 Å². The number of amides is 1. The van der Waals surface area contributed by atoms with Gasteiger partial charge in [0.2, 0.25) is 5.91 Å². The normalized spacial score (nSPS) is 15.3. The van der Waals surface area contributed by atoms with E-state index in [2.05, 4.69) is 15.2 Å². The molecule has 3 rings (SSSR count). The molecule has 0 radical (unpaired) electrons. The van der Waals surface area contributed by atoms with E-state index in [0.29, 0.717) is 5.69 Å². The summed E-state index contributed by atoms with van der Waals surface area (Å²) in [5, 5.41) is 14.8. The highest BCUT2D eigenvalue weighted by Crippen LogP contribution is 2.23. The molecule has 7 heteroatoms. The number of benzene rings is 1. The first-order valence-corrected chi connectivity index (χ1v) is 9.20. The molecule has 0 atom stereocenters. The number of imidazole rings is 1. The Labute approximate surface area is 152 Å². The van der Waals surface area contributed by atoms with Crippen LogP contribution in [-0.4, -0.2) is 39.6 Å². The van der Waals surface area contributed by atoms with Crippen molar-refractivity contribution in [1.82, 2.24) is 14.9 Å². The summed E-state index contributed by atoms with van der Waals surface area (Å²) in [6.07, 6.45) is 4.37. The summed E-state index contributed by atoms with van der Waals surface area (Å²) in [7, 11) is 2.03. The summed E-state index contributed by atoms with van der Waals surface area (Å²) >= 11 is 0. The first-order chi connectivity index (χ1) is 12.5.